The van der Waals surface area contributed by atoms with Crippen LogP contribution < -0.4 is 0 Å². The number of fused-ring (bicyclic) bond motifs is 2. The summed E-state index contributed by atoms with van der Waals surface area (Å²) in [5, 5.41) is 0. The fourth-order valence-corrected chi connectivity index (χ4v) is 2.95. The number of carbonyl (C=O) groups is 1. The molecular weight excluding hydrogens is 226 g/mol. The van der Waals surface area contributed by atoms with Crippen molar-refractivity contribution in [1.29, 1.82) is 0 Å². The fourth-order valence-electron chi connectivity index (χ4n) is 2.95. The largest absolute Gasteiger partial charge is 0.380 e. The third kappa shape index (κ3) is 2.47. The summed E-state index contributed by atoms with van der Waals surface area (Å²) in [4.78, 5) is 14.3. The second-order valence-electron chi connectivity index (χ2n) is 5.33. The molecule has 2 aliphatic rings. The van der Waals surface area contributed by atoms with Crippen molar-refractivity contribution in [2.45, 2.75) is 6.42 Å². The topological polar surface area (TPSA) is 29.5 Å². The quantitative estimate of drug-likeness (QED) is 0.805. The van der Waals surface area contributed by atoms with E-state index in [4.69, 9.17) is 4.74 Å². The minimum Gasteiger partial charge on any atom is -0.380 e. The Labute approximate surface area is 108 Å². The predicted molar refractivity (Wildman–Crippen MR) is 69.4 cm³/mol. The summed E-state index contributed by atoms with van der Waals surface area (Å²) in [5.74, 6) is 0.666. The fraction of sp³-hybridized carbons (Fsp3) is 0.533. The molecule has 3 nitrogen and oxygen atoms in total. The molecule has 2 unspecified atom stereocenters. The molecule has 96 valence electrons. The average Bonchev–Trinajstić information content (AvgIpc) is 2.38. The van der Waals surface area contributed by atoms with E-state index in [0.717, 1.165) is 26.1 Å². The minimum atomic E-state index is 0.119. The van der Waals surface area contributed by atoms with E-state index in [2.05, 4.69) is 29.2 Å². The molecule has 3 heteroatoms. The van der Waals surface area contributed by atoms with E-state index in [1.54, 1.807) is 0 Å². The molecule has 0 saturated carbocycles. The van der Waals surface area contributed by atoms with E-state index >= 15 is 0 Å². The Balaban J connectivity index is 1.57. The highest BCUT2D eigenvalue weighted by molar-refractivity contribution is 5.85. The van der Waals surface area contributed by atoms with Gasteiger partial charge in [0.15, 0.2) is 0 Å². The van der Waals surface area contributed by atoms with Crippen LogP contribution in [0.2, 0.25) is 0 Å². The molecule has 0 spiro atoms. The van der Waals surface area contributed by atoms with Gasteiger partial charge in [0.1, 0.15) is 5.78 Å². The van der Waals surface area contributed by atoms with Gasteiger partial charge in [-0.05, 0) is 12.0 Å². The Morgan fingerprint density at radius 1 is 1.11 bits per heavy atom. The van der Waals surface area contributed by atoms with Crippen molar-refractivity contribution in [3.8, 4) is 0 Å². The van der Waals surface area contributed by atoms with E-state index in [1.165, 1.54) is 5.56 Å². The van der Waals surface area contributed by atoms with Crippen LogP contribution in [0.4, 0.5) is 0 Å². The van der Waals surface area contributed by atoms with Crippen LogP contribution in [0.15, 0.2) is 30.3 Å². The molecule has 18 heavy (non-hydrogen) atoms. The summed E-state index contributed by atoms with van der Waals surface area (Å²) >= 11 is 0. The van der Waals surface area contributed by atoms with Gasteiger partial charge in [-0.2, -0.15) is 0 Å². The second-order valence-corrected chi connectivity index (χ2v) is 5.33. The lowest BCUT2D eigenvalue weighted by atomic mass is 9.86. The third-order valence-electron chi connectivity index (χ3n) is 3.96. The van der Waals surface area contributed by atoms with Gasteiger partial charge in [-0.3, -0.25) is 4.79 Å². The summed E-state index contributed by atoms with van der Waals surface area (Å²) in [6.45, 7) is 4.04. The number of ketones is 1. The highest BCUT2D eigenvalue weighted by Crippen LogP contribution is 2.23. The normalized spacial score (nSPS) is 28.3. The van der Waals surface area contributed by atoms with Crippen molar-refractivity contribution in [3.63, 3.8) is 0 Å². The summed E-state index contributed by atoms with van der Waals surface area (Å²) in [6, 6.07) is 10.5. The van der Waals surface area contributed by atoms with Gasteiger partial charge in [-0.1, -0.05) is 30.3 Å². The molecule has 2 fully saturated rings. The van der Waals surface area contributed by atoms with Crippen molar-refractivity contribution < 1.29 is 9.53 Å². The molecule has 0 N–H and O–H groups in total. The van der Waals surface area contributed by atoms with Gasteiger partial charge < -0.3 is 9.64 Å². The van der Waals surface area contributed by atoms with Crippen molar-refractivity contribution in [1.82, 2.24) is 4.90 Å². The molecule has 2 bridgehead atoms. The summed E-state index contributed by atoms with van der Waals surface area (Å²) in [5.41, 5.74) is 1.37. The van der Waals surface area contributed by atoms with Gasteiger partial charge in [0.2, 0.25) is 0 Å². The Bertz CT molecular complexity index is 402. The Morgan fingerprint density at radius 2 is 1.78 bits per heavy atom. The number of carbonyl (C=O) groups excluding carboxylic acids is 1. The monoisotopic (exact) mass is 245 g/mol. The summed E-state index contributed by atoms with van der Waals surface area (Å²) in [7, 11) is 0. The SMILES string of the molecule is O=C1C2COCC1CN(CCc1ccccc1)C2. The molecule has 2 saturated heterocycles. The van der Waals surface area contributed by atoms with Crippen LogP contribution >= 0.6 is 0 Å². The number of likely N-dealkylation sites (tertiary alicyclic amines) is 1. The van der Waals surface area contributed by atoms with Crippen molar-refractivity contribution in [3.05, 3.63) is 35.9 Å². The van der Waals surface area contributed by atoms with Crippen LogP contribution in [0.25, 0.3) is 0 Å². The minimum absolute atomic E-state index is 0.119. The second kappa shape index (κ2) is 5.21. The van der Waals surface area contributed by atoms with Gasteiger partial charge in [-0.25, -0.2) is 0 Å². The number of hydrogen-bond acceptors (Lipinski definition) is 3. The molecular formula is C15H19NO2. The molecule has 0 aromatic heterocycles. The van der Waals surface area contributed by atoms with Gasteiger partial charge >= 0.3 is 0 Å². The number of hydrogen-bond donors (Lipinski definition) is 0. The smallest absolute Gasteiger partial charge is 0.146 e. The predicted octanol–water partition coefficient (Wildman–Crippen LogP) is 1.38. The highest BCUT2D eigenvalue weighted by atomic mass is 16.5. The zero-order valence-corrected chi connectivity index (χ0v) is 10.5. The molecule has 2 aliphatic heterocycles. The van der Waals surface area contributed by atoms with E-state index in [9.17, 15) is 4.79 Å². The molecule has 0 amide bonds. The molecule has 1 aromatic carbocycles. The number of ether oxygens (including phenoxy) is 1. The first-order chi connectivity index (χ1) is 8.83. The molecule has 0 radical (unpaired) electrons. The van der Waals surface area contributed by atoms with Crippen LogP contribution in [0.1, 0.15) is 5.56 Å². The van der Waals surface area contributed by atoms with Gasteiger partial charge in [0.25, 0.3) is 0 Å². The lowest BCUT2D eigenvalue weighted by Gasteiger charge is -2.39. The number of Topliss-reactive ketones (excluding diaryl/α,β-unsaturated/α-hetero) is 1. The Hall–Kier alpha value is -1.19. The number of benzene rings is 1. The molecule has 0 aliphatic carbocycles. The average molecular weight is 245 g/mol. The van der Waals surface area contributed by atoms with E-state index in [0.29, 0.717) is 19.0 Å². The maximum absolute atomic E-state index is 11.9. The molecule has 2 heterocycles. The van der Waals surface area contributed by atoms with Crippen molar-refractivity contribution >= 4 is 5.78 Å². The molecule has 1 aromatic rings. The molecule has 3 rings (SSSR count). The van der Waals surface area contributed by atoms with E-state index in [1.807, 2.05) is 6.07 Å². The van der Waals surface area contributed by atoms with Gasteiger partial charge in [0.05, 0.1) is 25.0 Å². The Kier molecular flexibility index (Phi) is 3.43. The zero-order chi connectivity index (χ0) is 12.4. The first kappa shape index (κ1) is 11.9. The number of nitrogens with zero attached hydrogens (tertiary/aromatic N) is 1. The van der Waals surface area contributed by atoms with Crippen molar-refractivity contribution in [2.24, 2.45) is 11.8 Å². The molecule has 2 atom stereocenters. The standard InChI is InChI=1S/C15H19NO2/c17-15-13-8-16(9-14(15)11-18-10-13)7-6-12-4-2-1-3-5-12/h1-5,13-14H,6-11H2. The van der Waals surface area contributed by atoms with Crippen LogP contribution in [0, 0.1) is 11.8 Å². The van der Waals surface area contributed by atoms with Crippen molar-refractivity contribution in [2.75, 3.05) is 32.8 Å². The van der Waals surface area contributed by atoms with Crippen LogP contribution in [0.3, 0.4) is 0 Å². The van der Waals surface area contributed by atoms with E-state index < -0.39 is 0 Å². The lowest BCUT2D eigenvalue weighted by Crippen LogP contribution is -2.53. The Morgan fingerprint density at radius 3 is 2.44 bits per heavy atom. The number of rotatable bonds is 3. The third-order valence-corrected chi connectivity index (χ3v) is 3.96. The maximum atomic E-state index is 11.9. The van der Waals surface area contributed by atoms with Crippen LogP contribution in [-0.4, -0.2) is 43.5 Å². The van der Waals surface area contributed by atoms with Crippen LogP contribution in [0.5, 0.6) is 0 Å². The summed E-state index contributed by atoms with van der Waals surface area (Å²) < 4.78 is 5.47. The highest BCUT2D eigenvalue weighted by Gasteiger charge is 2.38. The van der Waals surface area contributed by atoms with Gasteiger partial charge in [-0.15, -0.1) is 0 Å². The van der Waals surface area contributed by atoms with E-state index in [-0.39, 0.29) is 11.8 Å². The summed E-state index contributed by atoms with van der Waals surface area (Å²) in [6.07, 6.45) is 1.06. The first-order valence-electron chi connectivity index (χ1n) is 6.70. The first-order valence-corrected chi connectivity index (χ1v) is 6.70. The maximum Gasteiger partial charge on any atom is 0.146 e. The van der Waals surface area contributed by atoms with Gasteiger partial charge in [0, 0.05) is 19.6 Å². The van der Waals surface area contributed by atoms with Crippen LogP contribution in [-0.2, 0) is 16.0 Å². The number of piperidine rings is 1. The lowest BCUT2D eigenvalue weighted by molar-refractivity contribution is -0.144. The zero-order valence-electron chi connectivity index (χ0n) is 10.5.